The van der Waals surface area contributed by atoms with Gasteiger partial charge in [0.1, 0.15) is 5.00 Å². The van der Waals surface area contributed by atoms with Gasteiger partial charge in [-0.25, -0.2) is 4.79 Å². The number of nitrogens with one attached hydrogen (secondary N) is 1. The normalized spacial score (nSPS) is 13.4. The van der Waals surface area contributed by atoms with E-state index in [9.17, 15) is 4.79 Å². The van der Waals surface area contributed by atoms with E-state index in [1.165, 1.54) is 24.0 Å². The highest BCUT2D eigenvalue weighted by Gasteiger charge is 2.24. The lowest BCUT2D eigenvalue weighted by Gasteiger charge is -2.31. The Balaban J connectivity index is 1.89. The Kier molecular flexibility index (Phi) is 4.87. The fraction of sp³-hybridized carbons (Fsp3) is 0.333. The van der Waals surface area contributed by atoms with Gasteiger partial charge in [0.05, 0.1) is 12.7 Å². The molecule has 0 radical (unpaired) electrons. The van der Waals surface area contributed by atoms with Crippen molar-refractivity contribution in [2.75, 3.05) is 23.9 Å². The van der Waals surface area contributed by atoms with E-state index in [0.29, 0.717) is 10.7 Å². The highest BCUT2D eigenvalue weighted by Crippen LogP contribution is 2.34. The molecule has 1 aromatic carbocycles. The van der Waals surface area contributed by atoms with Crippen LogP contribution in [0.1, 0.15) is 32.8 Å². The molecule has 0 atom stereocenters. The summed E-state index contributed by atoms with van der Waals surface area (Å²) in [4.78, 5) is 15.3. The van der Waals surface area contributed by atoms with Gasteiger partial charge in [0.2, 0.25) is 0 Å². The van der Waals surface area contributed by atoms with Crippen LogP contribution >= 0.6 is 23.6 Å². The molecule has 0 aliphatic carbocycles. The van der Waals surface area contributed by atoms with Crippen LogP contribution in [0, 0.1) is 13.8 Å². The number of thiocarbonyl (C=S) groups is 1. The van der Waals surface area contributed by atoms with Gasteiger partial charge in [0, 0.05) is 17.1 Å². The van der Waals surface area contributed by atoms with Gasteiger partial charge in [-0.15, -0.1) is 11.3 Å². The maximum absolute atomic E-state index is 12.1. The van der Waals surface area contributed by atoms with Gasteiger partial charge in [-0.3, -0.25) is 0 Å². The second-order valence-electron chi connectivity index (χ2n) is 5.79. The zero-order valence-electron chi connectivity index (χ0n) is 14.0. The van der Waals surface area contributed by atoms with E-state index in [-0.39, 0.29) is 5.97 Å². The first-order chi connectivity index (χ1) is 11.5. The fourth-order valence-electron chi connectivity index (χ4n) is 2.97. The van der Waals surface area contributed by atoms with Gasteiger partial charge in [0.15, 0.2) is 5.11 Å². The van der Waals surface area contributed by atoms with E-state index in [4.69, 9.17) is 17.0 Å². The summed E-state index contributed by atoms with van der Waals surface area (Å²) < 4.78 is 4.93. The number of aryl methyl sites for hydroxylation is 2. The van der Waals surface area contributed by atoms with Crippen molar-refractivity contribution in [3.63, 3.8) is 0 Å². The Labute approximate surface area is 151 Å². The summed E-state index contributed by atoms with van der Waals surface area (Å²) in [5, 5.41) is 4.65. The Hall–Kier alpha value is -1.92. The number of fused-ring (bicyclic) bond motifs is 1. The molecule has 1 aromatic heterocycles. The van der Waals surface area contributed by atoms with Crippen LogP contribution in [-0.4, -0.2) is 24.7 Å². The van der Waals surface area contributed by atoms with Crippen LogP contribution in [0.25, 0.3) is 0 Å². The fourth-order valence-corrected chi connectivity index (χ4v) is 4.38. The van der Waals surface area contributed by atoms with Crippen LogP contribution in [-0.2, 0) is 11.2 Å². The van der Waals surface area contributed by atoms with Crippen LogP contribution < -0.4 is 10.2 Å². The summed E-state index contributed by atoms with van der Waals surface area (Å²) in [5.74, 6) is -0.332. The molecule has 24 heavy (non-hydrogen) atoms. The maximum atomic E-state index is 12.1. The number of para-hydroxylation sites is 1. The molecule has 4 nitrogen and oxygen atoms in total. The summed E-state index contributed by atoms with van der Waals surface area (Å²) in [6.07, 6.45) is 2.13. The lowest BCUT2D eigenvalue weighted by atomic mass is 10.0. The van der Waals surface area contributed by atoms with Crippen molar-refractivity contribution in [1.29, 1.82) is 0 Å². The molecular formula is C18H20N2O2S2. The predicted molar refractivity (Wildman–Crippen MR) is 103 cm³/mol. The number of hydrogen-bond acceptors (Lipinski definition) is 4. The van der Waals surface area contributed by atoms with E-state index in [1.54, 1.807) is 0 Å². The smallest absolute Gasteiger partial charge is 0.341 e. The van der Waals surface area contributed by atoms with Crippen molar-refractivity contribution in [1.82, 2.24) is 0 Å². The molecule has 1 aliphatic heterocycles. The number of nitrogens with zero attached hydrogens (tertiary/aromatic N) is 1. The average molecular weight is 361 g/mol. The number of anilines is 2. The van der Waals surface area contributed by atoms with Crippen molar-refractivity contribution in [3.05, 3.63) is 45.8 Å². The molecule has 2 heterocycles. The molecule has 0 fully saturated rings. The SMILES string of the molecule is COC(=O)c1c(NC(=S)N2CCCc3ccccc32)sc(C)c1C. The number of carbonyl (C=O) groups excluding carboxylic acids is 1. The third kappa shape index (κ3) is 3.03. The highest BCUT2D eigenvalue weighted by molar-refractivity contribution is 7.80. The summed E-state index contributed by atoms with van der Waals surface area (Å²) >= 11 is 7.17. The molecule has 6 heteroatoms. The van der Waals surface area contributed by atoms with Crippen molar-refractivity contribution >= 4 is 45.3 Å². The van der Waals surface area contributed by atoms with Crippen LogP contribution in [0.15, 0.2) is 24.3 Å². The monoisotopic (exact) mass is 360 g/mol. The third-order valence-corrected chi connectivity index (χ3v) is 5.80. The van der Waals surface area contributed by atoms with E-state index in [2.05, 4.69) is 28.4 Å². The minimum atomic E-state index is -0.332. The second-order valence-corrected chi connectivity index (χ2v) is 7.40. The largest absolute Gasteiger partial charge is 0.465 e. The van der Waals surface area contributed by atoms with E-state index >= 15 is 0 Å². The molecule has 0 bridgehead atoms. The molecule has 3 rings (SSSR count). The standard InChI is InChI=1S/C18H20N2O2S2/c1-11-12(2)24-16(15(11)17(21)22-3)19-18(23)20-10-6-8-13-7-4-5-9-14(13)20/h4-5,7,9H,6,8,10H2,1-3H3,(H,19,23). The van der Waals surface area contributed by atoms with Gasteiger partial charge in [-0.2, -0.15) is 0 Å². The Morgan fingerprint density at radius 3 is 2.83 bits per heavy atom. The van der Waals surface area contributed by atoms with Gasteiger partial charge >= 0.3 is 5.97 Å². The molecule has 1 aliphatic rings. The molecule has 0 spiro atoms. The first-order valence-corrected chi connectivity index (χ1v) is 9.10. The minimum absolute atomic E-state index is 0.332. The number of carbonyl (C=O) groups is 1. The van der Waals surface area contributed by atoms with E-state index < -0.39 is 0 Å². The second kappa shape index (κ2) is 6.91. The predicted octanol–water partition coefficient (Wildman–Crippen LogP) is 4.30. The van der Waals surface area contributed by atoms with Gasteiger partial charge in [0.25, 0.3) is 0 Å². The number of hydrogen-bond donors (Lipinski definition) is 1. The molecule has 0 saturated carbocycles. The molecule has 0 unspecified atom stereocenters. The van der Waals surface area contributed by atoms with Crippen molar-refractivity contribution in [3.8, 4) is 0 Å². The number of thiophene rings is 1. The number of methoxy groups -OCH3 is 1. The van der Waals surface area contributed by atoms with Crippen molar-refractivity contribution in [2.45, 2.75) is 26.7 Å². The van der Waals surface area contributed by atoms with Crippen LogP contribution in [0.5, 0.6) is 0 Å². The van der Waals surface area contributed by atoms with Crippen molar-refractivity contribution < 1.29 is 9.53 Å². The molecule has 2 aromatic rings. The third-order valence-electron chi connectivity index (χ3n) is 4.35. The van der Waals surface area contributed by atoms with E-state index in [1.807, 2.05) is 19.9 Å². The van der Waals surface area contributed by atoms with Gasteiger partial charge in [-0.1, -0.05) is 18.2 Å². The molecule has 0 amide bonds. The first-order valence-electron chi connectivity index (χ1n) is 7.87. The zero-order valence-corrected chi connectivity index (χ0v) is 15.6. The lowest BCUT2D eigenvalue weighted by Crippen LogP contribution is -2.38. The summed E-state index contributed by atoms with van der Waals surface area (Å²) in [6.45, 7) is 4.80. The number of ether oxygens (including phenoxy) is 1. The Morgan fingerprint density at radius 1 is 1.33 bits per heavy atom. The van der Waals surface area contributed by atoms with E-state index in [0.717, 1.165) is 40.5 Å². The van der Waals surface area contributed by atoms with Crippen LogP contribution in [0.3, 0.4) is 0 Å². The van der Waals surface area contributed by atoms with Crippen LogP contribution in [0.4, 0.5) is 10.7 Å². The zero-order chi connectivity index (χ0) is 17.3. The molecule has 126 valence electrons. The topological polar surface area (TPSA) is 41.6 Å². The summed E-state index contributed by atoms with van der Waals surface area (Å²) in [5.41, 5.74) is 3.97. The number of rotatable bonds is 2. The summed E-state index contributed by atoms with van der Waals surface area (Å²) in [6, 6.07) is 8.32. The number of benzene rings is 1. The maximum Gasteiger partial charge on any atom is 0.341 e. The molecular weight excluding hydrogens is 340 g/mol. The van der Waals surface area contributed by atoms with Crippen molar-refractivity contribution in [2.24, 2.45) is 0 Å². The van der Waals surface area contributed by atoms with Crippen LogP contribution in [0.2, 0.25) is 0 Å². The van der Waals surface area contributed by atoms with Gasteiger partial charge in [-0.05, 0) is 56.1 Å². The minimum Gasteiger partial charge on any atom is -0.465 e. The van der Waals surface area contributed by atoms with Gasteiger partial charge < -0.3 is 15.0 Å². The Bertz CT molecular complexity index is 798. The molecule has 1 N–H and O–H groups in total. The average Bonchev–Trinajstić information content (AvgIpc) is 2.87. The molecule has 0 saturated heterocycles. The number of esters is 1. The lowest BCUT2D eigenvalue weighted by molar-refractivity contribution is 0.0601. The Morgan fingerprint density at radius 2 is 2.08 bits per heavy atom. The first kappa shape index (κ1) is 16.9. The quantitative estimate of drug-likeness (QED) is 0.639. The summed E-state index contributed by atoms with van der Waals surface area (Å²) in [7, 11) is 1.40. The highest BCUT2D eigenvalue weighted by atomic mass is 32.1.